The Kier molecular flexibility index (Phi) is 11.8. The number of carbonyl (C=O) groups excluding carboxylic acids is 4. The van der Waals surface area contributed by atoms with Gasteiger partial charge in [0, 0.05) is 30.4 Å². The van der Waals surface area contributed by atoms with Crippen LogP contribution in [-0.2, 0) is 20.8 Å². The van der Waals surface area contributed by atoms with Crippen molar-refractivity contribution in [2.75, 3.05) is 13.1 Å². The number of likely N-dealkylation sites (tertiary alicyclic amines) is 1. The van der Waals surface area contributed by atoms with Gasteiger partial charge in [0.15, 0.2) is 5.78 Å². The average Bonchev–Trinajstić information content (AvgIpc) is 3.06. The molecular formula is C39H51N5O5. The summed E-state index contributed by atoms with van der Waals surface area (Å²) in [4.78, 5) is 59.5. The number of amides is 3. The Hall–Kier alpha value is -4.15. The lowest BCUT2D eigenvalue weighted by Gasteiger charge is -2.47. The highest BCUT2D eigenvalue weighted by atomic mass is 16.3. The number of aliphatic hydroxyl groups is 1. The molecule has 1 aliphatic carbocycles. The molecule has 1 aliphatic heterocycles. The number of hydrogen-bond acceptors (Lipinski definition) is 7. The number of carbonyl (C=O) groups is 4. The van der Waals surface area contributed by atoms with E-state index >= 15 is 0 Å². The molecule has 2 aromatic carbocycles. The molecule has 0 unspecified atom stereocenters. The summed E-state index contributed by atoms with van der Waals surface area (Å²) in [5.41, 5.74) is 6.85. The molecule has 0 spiro atoms. The Balaban J connectivity index is 1.35. The second-order valence-electron chi connectivity index (χ2n) is 15.0. The number of primary amides is 1. The second-order valence-corrected chi connectivity index (χ2v) is 15.0. The van der Waals surface area contributed by atoms with Crippen molar-refractivity contribution in [3.05, 3.63) is 78.0 Å². The predicted molar refractivity (Wildman–Crippen MR) is 189 cm³/mol. The number of rotatable bonds is 13. The monoisotopic (exact) mass is 669 g/mol. The van der Waals surface area contributed by atoms with Gasteiger partial charge in [0.05, 0.1) is 30.1 Å². The lowest BCUT2D eigenvalue weighted by molar-refractivity contribution is -0.133. The highest BCUT2D eigenvalue weighted by Gasteiger charge is 2.42. The molecular weight excluding hydrogens is 618 g/mol. The average molecular weight is 670 g/mol. The number of piperidine rings is 1. The van der Waals surface area contributed by atoms with Crippen molar-refractivity contribution in [1.82, 2.24) is 20.5 Å². The van der Waals surface area contributed by atoms with E-state index in [1.807, 2.05) is 69.3 Å². The van der Waals surface area contributed by atoms with Crippen molar-refractivity contribution in [3.8, 4) is 0 Å². The molecule has 10 nitrogen and oxygen atoms in total. The lowest BCUT2D eigenvalue weighted by Crippen LogP contribution is -2.59. The quantitative estimate of drug-likeness (QED) is 0.213. The summed E-state index contributed by atoms with van der Waals surface area (Å²) >= 11 is 0. The first kappa shape index (κ1) is 36.1. The highest BCUT2D eigenvalue weighted by molar-refractivity contribution is 5.99. The number of aromatic nitrogens is 1. The van der Waals surface area contributed by atoms with Crippen LogP contribution in [0.4, 0.5) is 0 Å². The lowest BCUT2D eigenvalue weighted by atomic mass is 9.72. The largest absolute Gasteiger partial charge is 0.391 e. The zero-order chi connectivity index (χ0) is 35.1. The first-order chi connectivity index (χ1) is 23.4. The number of nitrogens with one attached hydrogen (secondary N) is 2. The number of Topliss-reactive ketones (excluding diaryl/α,β-unsaturated/α-hetero) is 1. The normalized spacial score (nSPS) is 21.6. The number of aliphatic hydroxyl groups excluding tert-OH is 1. The number of benzene rings is 2. The Morgan fingerprint density at radius 1 is 0.939 bits per heavy atom. The summed E-state index contributed by atoms with van der Waals surface area (Å²) in [6.45, 7) is 6.85. The topological polar surface area (TPSA) is 155 Å². The van der Waals surface area contributed by atoms with Gasteiger partial charge in [-0.2, -0.15) is 0 Å². The molecule has 6 atom stereocenters. The van der Waals surface area contributed by atoms with Crippen LogP contribution < -0.4 is 16.4 Å². The summed E-state index contributed by atoms with van der Waals surface area (Å²) in [7, 11) is 0. The molecule has 1 saturated heterocycles. The number of nitrogens with zero attached hydrogens (tertiary/aromatic N) is 2. The first-order valence-corrected chi connectivity index (χ1v) is 17.6. The van der Waals surface area contributed by atoms with Crippen molar-refractivity contribution < 1.29 is 24.3 Å². The SMILES string of the molecule is CC(C)(C)NC(=O)[C@@H]1C[C@@H]2CCCC[C@@H]2CN1C[C@@H](O)[C@@H](CC(=O)[C@H](CC(N)=O)NC(=O)c1ccc2ccccc2n1)Cc1ccccc1. The molecule has 0 radical (unpaired) electrons. The van der Waals surface area contributed by atoms with E-state index in [4.69, 9.17) is 5.73 Å². The van der Waals surface area contributed by atoms with E-state index in [-0.39, 0.29) is 37.0 Å². The molecule has 2 aliphatic rings. The van der Waals surface area contributed by atoms with Gasteiger partial charge in [0.25, 0.3) is 5.91 Å². The number of β-amino-alcohol motifs (C(OH)–C–C–N with tert-alkyl or cyclic N) is 1. The number of nitrogens with two attached hydrogens (primary N) is 1. The summed E-state index contributed by atoms with van der Waals surface area (Å²) < 4.78 is 0. The molecule has 49 heavy (non-hydrogen) atoms. The van der Waals surface area contributed by atoms with E-state index in [1.54, 1.807) is 18.2 Å². The number of hydrogen-bond donors (Lipinski definition) is 4. The van der Waals surface area contributed by atoms with Gasteiger partial charge in [-0.05, 0) is 75.5 Å². The van der Waals surface area contributed by atoms with Gasteiger partial charge in [0.1, 0.15) is 5.69 Å². The minimum Gasteiger partial charge on any atom is -0.391 e. The van der Waals surface area contributed by atoms with Crippen molar-refractivity contribution in [1.29, 1.82) is 0 Å². The van der Waals surface area contributed by atoms with Crippen LogP contribution in [0.3, 0.4) is 0 Å². The van der Waals surface area contributed by atoms with Crippen LogP contribution in [0.2, 0.25) is 0 Å². The van der Waals surface area contributed by atoms with Gasteiger partial charge < -0.3 is 21.5 Å². The van der Waals surface area contributed by atoms with Crippen LogP contribution in [-0.4, -0.2) is 75.3 Å². The van der Waals surface area contributed by atoms with E-state index < -0.39 is 41.2 Å². The molecule has 5 N–H and O–H groups in total. The number of pyridine rings is 1. The third-order valence-corrected chi connectivity index (χ3v) is 10.0. The molecule has 1 saturated carbocycles. The first-order valence-electron chi connectivity index (χ1n) is 17.6. The fourth-order valence-electron chi connectivity index (χ4n) is 7.55. The summed E-state index contributed by atoms with van der Waals surface area (Å²) in [6, 6.07) is 18.8. The molecule has 262 valence electrons. The fourth-order valence-corrected chi connectivity index (χ4v) is 7.55. The van der Waals surface area contributed by atoms with E-state index in [1.165, 1.54) is 12.8 Å². The Labute approximate surface area is 289 Å². The minimum atomic E-state index is -1.19. The van der Waals surface area contributed by atoms with Crippen molar-refractivity contribution in [3.63, 3.8) is 0 Å². The number of ketones is 1. The van der Waals surface area contributed by atoms with E-state index in [2.05, 4.69) is 20.5 Å². The van der Waals surface area contributed by atoms with Crippen molar-refractivity contribution in [2.45, 2.75) is 95.9 Å². The molecule has 3 amide bonds. The molecule has 0 bridgehead atoms. The molecule has 2 heterocycles. The molecule has 10 heteroatoms. The maximum Gasteiger partial charge on any atom is 0.270 e. The zero-order valence-electron chi connectivity index (χ0n) is 28.9. The third-order valence-electron chi connectivity index (χ3n) is 10.0. The summed E-state index contributed by atoms with van der Waals surface area (Å²) in [5, 5.41) is 18.6. The maximum absolute atomic E-state index is 13.9. The Bertz CT molecular complexity index is 1620. The van der Waals surface area contributed by atoms with Crippen LogP contribution in [0.1, 0.15) is 81.8 Å². The van der Waals surface area contributed by atoms with Gasteiger partial charge >= 0.3 is 0 Å². The number of fused-ring (bicyclic) bond motifs is 2. The standard InChI is InChI=1S/C39H51N5O5/c1-39(2,3)43-38(49)33-20-27-14-7-8-15-28(27)23-44(33)24-35(46)29(19-25-11-5-4-6-12-25)21-34(45)32(22-36(40)47)42-37(48)31-18-17-26-13-9-10-16-30(26)41-31/h4-6,9-13,16-18,27-29,32-33,35,46H,7-8,14-15,19-24H2,1-3H3,(H2,40,47)(H,42,48)(H,43,49)/t27-,28+,29+,32-,33-,35+/m0/s1. The van der Waals surface area contributed by atoms with Crippen molar-refractivity contribution in [2.24, 2.45) is 23.5 Å². The van der Waals surface area contributed by atoms with Gasteiger partial charge in [-0.25, -0.2) is 4.98 Å². The van der Waals surface area contributed by atoms with E-state index in [0.29, 0.717) is 23.8 Å². The summed E-state index contributed by atoms with van der Waals surface area (Å²) in [5.74, 6) is -1.35. The van der Waals surface area contributed by atoms with E-state index in [0.717, 1.165) is 36.8 Å². The van der Waals surface area contributed by atoms with Crippen LogP contribution in [0.25, 0.3) is 10.9 Å². The van der Waals surface area contributed by atoms with Crippen LogP contribution in [0.5, 0.6) is 0 Å². The highest BCUT2D eigenvalue weighted by Crippen LogP contribution is 2.39. The smallest absolute Gasteiger partial charge is 0.270 e. The molecule has 3 aromatic rings. The van der Waals surface area contributed by atoms with Crippen LogP contribution in [0.15, 0.2) is 66.7 Å². The predicted octanol–water partition coefficient (Wildman–Crippen LogP) is 4.18. The van der Waals surface area contributed by atoms with E-state index in [9.17, 15) is 24.3 Å². The zero-order valence-corrected chi connectivity index (χ0v) is 28.9. The fraction of sp³-hybridized carbons (Fsp3) is 0.513. The molecule has 2 fully saturated rings. The van der Waals surface area contributed by atoms with Gasteiger partial charge in [-0.1, -0.05) is 73.9 Å². The van der Waals surface area contributed by atoms with Crippen molar-refractivity contribution >= 4 is 34.4 Å². The summed E-state index contributed by atoms with van der Waals surface area (Å²) in [6.07, 6.45) is 4.29. The Morgan fingerprint density at radius 2 is 1.63 bits per heavy atom. The second kappa shape index (κ2) is 16.0. The molecule has 5 rings (SSSR count). The Morgan fingerprint density at radius 3 is 2.35 bits per heavy atom. The van der Waals surface area contributed by atoms with Gasteiger partial charge in [-0.3, -0.25) is 24.1 Å². The maximum atomic E-state index is 13.9. The van der Waals surface area contributed by atoms with Gasteiger partial charge in [-0.15, -0.1) is 0 Å². The van der Waals surface area contributed by atoms with Crippen LogP contribution in [0, 0.1) is 17.8 Å². The molecule has 1 aromatic heterocycles. The number of para-hydroxylation sites is 1. The third kappa shape index (κ3) is 9.95. The van der Waals surface area contributed by atoms with Gasteiger partial charge in [0.2, 0.25) is 11.8 Å². The van der Waals surface area contributed by atoms with Crippen LogP contribution >= 0.6 is 0 Å². The minimum absolute atomic E-state index is 0.0362.